The Morgan fingerprint density at radius 1 is 1.30 bits per heavy atom. The monoisotopic (exact) mass is 410 g/mol. The fourth-order valence-electron chi connectivity index (χ4n) is 2.91. The van der Waals surface area contributed by atoms with E-state index >= 15 is 0 Å². The average molecular weight is 411 g/mol. The number of nitrogens with two attached hydrogens (primary N) is 1. The summed E-state index contributed by atoms with van der Waals surface area (Å²) >= 11 is 0. The molecule has 152 valence electrons. The second kappa shape index (κ2) is 9.80. The highest BCUT2D eigenvalue weighted by molar-refractivity contribution is 5.95. The maximum absolute atomic E-state index is 12.5. The first kappa shape index (κ1) is 23.0. The Kier molecular flexibility index (Phi) is 8.36. The summed E-state index contributed by atoms with van der Waals surface area (Å²) in [5.74, 6) is -1.30. The van der Waals surface area contributed by atoms with Gasteiger partial charge >= 0.3 is 12.1 Å². The van der Waals surface area contributed by atoms with Crippen molar-refractivity contribution >= 4 is 30.0 Å². The quantitative estimate of drug-likeness (QED) is 0.702. The van der Waals surface area contributed by atoms with Crippen molar-refractivity contribution in [2.75, 3.05) is 19.0 Å². The molecule has 0 saturated heterocycles. The summed E-state index contributed by atoms with van der Waals surface area (Å²) in [7, 11) is 1.15. The van der Waals surface area contributed by atoms with Gasteiger partial charge in [-0.05, 0) is 37.0 Å². The Bertz CT molecular complexity index is 670. The second-order valence-electron chi connectivity index (χ2n) is 6.21. The van der Waals surface area contributed by atoms with E-state index < -0.39 is 18.8 Å². The summed E-state index contributed by atoms with van der Waals surface area (Å²) in [4.78, 5) is 23.8. The summed E-state index contributed by atoms with van der Waals surface area (Å²) in [6.07, 6.45) is -1.73. The Labute approximate surface area is 161 Å². The zero-order valence-electron chi connectivity index (χ0n) is 14.7. The largest absolute Gasteiger partial charge is 0.482 e. The maximum atomic E-state index is 12.5. The predicted octanol–water partition coefficient (Wildman–Crippen LogP) is 3.29. The van der Waals surface area contributed by atoms with E-state index in [0.717, 1.165) is 32.4 Å². The number of hydrogen-bond donors (Lipinski definition) is 2. The minimum absolute atomic E-state index is 0. The fourth-order valence-corrected chi connectivity index (χ4v) is 2.91. The molecular formula is C17H22ClF3N2O4. The van der Waals surface area contributed by atoms with Gasteiger partial charge in [0.25, 0.3) is 0 Å². The molecule has 6 nitrogen and oxygen atoms in total. The van der Waals surface area contributed by atoms with Crippen molar-refractivity contribution in [2.45, 2.75) is 37.9 Å². The molecule has 0 bridgehead atoms. The van der Waals surface area contributed by atoms with Crippen molar-refractivity contribution in [1.82, 2.24) is 0 Å². The lowest BCUT2D eigenvalue weighted by atomic mass is 10.00. The third-order valence-corrected chi connectivity index (χ3v) is 4.23. The van der Waals surface area contributed by atoms with Crippen LogP contribution in [-0.4, -0.2) is 37.8 Å². The first-order chi connectivity index (χ1) is 12.2. The Morgan fingerprint density at radius 2 is 2.00 bits per heavy atom. The molecule has 1 saturated carbocycles. The minimum Gasteiger partial charge on any atom is -0.482 e. The molecule has 10 heteroatoms. The summed E-state index contributed by atoms with van der Waals surface area (Å²) in [5.41, 5.74) is 6.00. The van der Waals surface area contributed by atoms with Crippen LogP contribution in [0.5, 0.6) is 5.75 Å². The van der Waals surface area contributed by atoms with Gasteiger partial charge in [0.1, 0.15) is 5.75 Å². The number of hydrogen-bond acceptors (Lipinski definition) is 5. The second-order valence-corrected chi connectivity index (χ2v) is 6.21. The number of alkyl halides is 3. The molecule has 1 aromatic rings. The molecule has 1 fully saturated rings. The molecule has 0 radical (unpaired) electrons. The van der Waals surface area contributed by atoms with Gasteiger partial charge in [0, 0.05) is 12.5 Å². The van der Waals surface area contributed by atoms with Crippen LogP contribution in [0.1, 0.15) is 36.0 Å². The first-order valence-electron chi connectivity index (χ1n) is 8.17. The number of nitrogens with one attached hydrogen (secondary N) is 1. The minimum atomic E-state index is -4.56. The lowest BCUT2D eigenvalue weighted by Gasteiger charge is -2.17. The zero-order valence-corrected chi connectivity index (χ0v) is 15.5. The normalized spacial score (nSPS) is 19.1. The van der Waals surface area contributed by atoms with E-state index in [9.17, 15) is 22.8 Å². The SMILES string of the molecule is COC(=O)c1ccc(NC(=O)C[C@@H]2CCC[C@H]2N)c(OCC(F)(F)F)c1.Cl. The smallest absolute Gasteiger partial charge is 0.422 e. The van der Waals surface area contributed by atoms with Gasteiger partial charge in [-0.15, -0.1) is 12.4 Å². The van der Waals surface area contributed by atoms with E-state index in [4.69, 9.17) is 10.5 Å². The van der Waals surface area contributed by atoms with E-state index in [2.05, 4.69) is 10.1 Å². The highest BCUT2D eigenvalue weighted by Gasteiger charge is 2.30. The van der Waals surface area contributed by atoms with Crippen molar-refractivity contribution in [3.05, 3.63) is 23.8 Å². The van der Waals surface area contributed by atoms with Crippen LogP contribution >= 0.6 is 12.4 Å². The number of halogens is 4. The number of methoxy groups -OCH3 is 1. The molecule has 1 aliphatic carbocycles. The number of esters is 1. The summed E-state index contributed by atoms with van der Waals surface area (Å²) in [6.45, 7) is -1.55. The highest BCUT2D eigenvalue weighted by Crippen LogP contribution is 2.30. The van der Waals surface area contributed by atoms with Crippen LogP contribution in [0.2, 0.25) is 0 Å². The van der Waals surface area contributed by atoms with E-state index in [1.807, 2.05) is 0 Å². The Morgan fingerprint density at radius 3 is 2.56 bits per heavy atom. The van der Waals surface area contributed by atoms with E-state index in [1.54, 1.807) is 0 Å². The van der Waals surface area contributed by atoms with Gasteiger partial charge in [-0.3, -0.25) is 4.79 Å². The van der Waals surface area contributed by atoms with Crippen molar-refractivity contribution in [1.29, 1.82) is 0 Å². The molecule has 2 rings (SSSR count). The predicted molar refractivity (Wildman–Crippen MR) is 95.1 cm³/mol. The molecule has 0 aromatic heterocycles. The molecule has 0 unspecified atom stereocenters. The molecule has 2 atom stereocenters. The van der Waals surface area contributed by atoms with E-state index in [-0.39, 0.29) is 53.7 Å². The molecule has 0 spiro atoms. The van der Waals surface area contributed by atoms with Crippen LogP contribution in [0.25, 0.3) is 0 Å². The molecule has 1 aliphatic rings. The summed E-state index contributed by atoms with van der Waals surface area (Å²) in [5, 5.41) is 2.54. The van der Waals surface area contributed by atoms with Crippen molar-refractivity contribution in [3.63, 3.8) is 0 Å². The van der Waals surface area contributed by atoms with Crippen LogP contribution in [0.15, 0.2) is 18.2 Å². The number of rotatable bonds is 6. The summed E-state index contributed by atoms with van der Waals surface area (Å²) < 4.78 is 46.7. The third-order valence-electron chi connectivity index (χ3n) is 4.23. The van der Waals surface area contributed by atoms with Gasteiger partial charge < -0.3 is 20.5 Å². The van der Waals surface area contributed by atoms with Crippen LogP contribution in [0.3, 0.4) is 0 Å². The van der Waals surface area contributed by atoms with Gasteiger partial charge in [-0.25, -0.2) is 4.79 Å². The van der Waals surface area contributed by atoms with Crippen LogP contribution in [0.4, 0.5) is 18.9 Å². The molecule has 1 amide bonds. The molecular weight excluding hydrogens is 389 g/mol. The number of ether oxygens (including phenoxy) is 2. The van der Waals surface area contributed by atoms with Gasteiger partial charge in [0.2, 0.25) is 5.91 Å². The molecule has 27 heavy (non-hydrogen) atoms. The highest BCUT2D eigenvalue weighted by atomic mass is 35.5. The van der Waals surface area contributed by atoms with Crippen LogP contribution in [-0.2, 0) is 9.53 Å². The molecule has 1 aromatic carbocycles. The maximum Gasteiger partial charge on any atom is 0.422 e. The van der Waals surface area contributed by atoms with Gasteiger partial charge in [-0.1, -0.05) is 6.42 Å². The number of carbonyl (C=O) groups excluding carboxylic acids is 2. The molecule has 0 heterocycles. The summed E-state index contributed by atoms with van der Waals surface area (Å²) in [6, 6.07) is 3.70. The van der Waals surface area contributed by atoms with Crippen molar-refractivity contribution < 1.29 is 32.2 Å². The van der Waals surface area contributed by atoms with Crippen LogP contribution < -0.4 is 15.8 Å². The van der Waals surface area contributed by atoms with E-state index in [0.29, 0.717) is 0 Å². The lowest BCUT2D eigenvalue weighted by Crippen LogP contribution is -2.28. The topological polar surface area (TPSA) is 90.7 Å². The third kappa shape index (κ3) is 6.91. The fraction of sp³-hybridized carbons (Fsp3) is 0.529. The van der Waals surface area contributed by atoms with Crippen molar-refractivity contribution in [3.8, 4) is 5.75 Å². The number of carbonyl (C=O) groups is 2. The van der Waals surface area contributed by atoms with Crippen LogP contribution in [0, 0.1) is 5.92 Å². The number of amides is 1. The van der Waals surface area contributed by atoms with Gasteiger partial charge in [-0.2, -0.15) is 13.2 Å². The molecule has 3 N–H and O–H groups in total. The Balaban J connectivity index is 0.00000364. The van der Waals surface area contributed by atoms with Gasteiger partial charge in [0.05, 0.1) is 18.4 Å². The first-order valence-corrected chi connectivity index (χ1v) is 8.17. The van der Waals surface area contributed by atoms with Gasteiger partial charge in [0.15, 0.2) is 6.61 Å². The lowest BCUT2D eigenvalue weighted by molar-refractivity contribution is -0.153. The number of anilines is 1. The number of benzene rings is 1. The Hall–Kier alpha value is -2.00. The average Bonchev–Trinajstić information content (AvgIpc) is 2.97. The standard InChI is InChI=1S/C17H21F3N2O4.ClH/c1-25-16(24)11-5-6-13(14(7-11)26-9-17(18,19)20)22-15(23)8-10-3-2-4-12(10)21;/h5-7,10,12H,2-4,8-9,21H2,1H3,(H,22,23);1H/t10-,12+;/m0./s1. The van der Waals surface area contributed by atoms with Crippen molar-refractivity contribution in [2.24, 2.45) is 11.7 Å². The van der Waals surface area contributed by atoms with E-state index in [1.165, 1.54) is 12.1 Å². The molecule has 0 aliphatic heterocycles. The zero-order chi connectivity index (χ0) is 19.3.